The Morgan fingerprint density at radius 3 is 2.35 bits per heavy atom. The van der Waals surface area contributed by atoms with Crippen molar-refractivity contribution in [2.45, 2.75) is 39.2 Å². The molecule has 0 aliphatic heterocycles. The first kappa shape index (κ1) is 22.8. The first-order valence-electron chi connectivity index (χ1n) is 9.15. The molecule has 0 saturated carbocycles. The first-order chi connectivity index (χ1) is 14.4. The quantitative estimate of drug-likeness (QED) is 0.477. The number of ether oxygens (including phenoxy) is 2. The van der Waals surface area contributed by atoms with Crippen molar-refractivity contribution in [3.63, 3.8) is 0 Å². The average molecular weight is 448 g/mol. The van der Waals surface area contributed by atoms with E-state index < -0.39 is 35.9 Å². The summed E-state index contributed by atoms with van der Waals surface area (Å²) < 4.78 is 91.1. The van der Waals surface area contributed by atoms with Gasteiger partial charge in [0, 0.05) is 23.5 Å². The smallest absolute Gasteiger partial charge is 0.425 e. The Morgan fingerprint density at radius 2 is 1.74 bits per heavy atom. The number of pyridine rings is 2. The molecular weight excluding hydrogens is 430 g/mol. The van der Waals surface area contributed by atoms with Gasteiger partial charge in [-0.05, 0) is 31.0 Å². The van der Waals surface area contributed by atoms with Crippen LogP contribution in [0.1, 0.15) is 26.6 Å². The van der Waals surface area contributed by atoms with Gasteiger partial charge in [-0.3, -0.25) is 4.40 Å². The molecule has 6 nitrogen and oxygen atoms in total. The lowest BCUT2D eigenvalue weighted by Crippen LogP contribution is -2.31. The summed E-state index contributed by atoms with van der Waals surface area (Å²) in [4.78, 5) is 3.59. The molecule has 0 aliphatic carbocycles. The maximum atomic E-state index is 14.4. The molecular formula is C19H18F6N4O2. The van der Waals surface area contributed by atoms with E-state index in [0.29, 0.717) is 0 Å². The number of halogens is 6. The van der Waals surface area contributed by atoms with Crippen LogP contribution < -0.4 is 4.74 Å². The average Bonchev–Trinajstić information content (AvgIpc) is 3.11. The lowest BCUT2D eigenvalue weighted by molar-refractivity contribution is -0.258. The summed E-state index contributed by atoms with van der Waals surface area (Å²) in [6, 6.07) is 3.72. The highest BCUT2D eigenvalue weighted by Crippen LogP contribution is 2.31. The monoisotopic (exact) mass is 448 g/mol. The van der Waals surface area contributed by atoms with Crippen LogP contribution in [0.2, 0.25) is 0 Å². The minimum atomic E-state index is -4.69. The Bertz CT molecular complexity index is 1070. The van der Waals surface area contributed by atoms with E-state index in [4.69, 9.17) is 0 Å². The van der Waals surface area contributed by atoms with E-state index in [1.807, 2.05) is 0 Å². The molecule has 0 aliphatic rings. The summed E-state index contributed by atoms with van der Waals surface area (Å²) in [5, 5.41) is 7.16. The Morgan fingerprint density at radius 1 is 1.03 bits per heavy atom. The third-order valence-corrected chi connectivity index (χ3v) is 4.15. The van der Waals surface area contributed by atoms with Gasteiger partial charge in [0.1, 0.15) is 0 Å². The zero-order valence-electron chi connectivity index (χ0n) is 16.6. The van der Waals surface area contributed by atoms with E-state index in [9.17, 15) is 26.3 Å². The minimum absolute atomic E-state index is 0.0963. The van der Waals surface area contributed by atoms with E-state index in [0.717, 1.165) is 23.6 Å². The number of aromatic nitrogens is 4. The van der Waals surface area contributed by atoms with Crippen LogP contribution in [0.5, 0.6) is 5.88 Å². The fourth-order valence-electron chi connectivity index (χ4n) is 2.50. The Kier molecular flexibility index (Phi) is 6.12. The topological polar surface area (TPSA) is 61.5 Å². The molecule has 0 spiro atoms. The number of hydrogen-bond donors (Lipinski definition) is 0. The summed E-state index contributed by atoms with van der Waals surface area (Å²) in [7, 11) is 0. The maximum Gasteiger partial charge on any atom is 0.425 e. The van der Waals surface area contributed by atoms with Gasteiger partial charge in [-0.1, -0.05) is 13.8 Å². The number of alkyl halides is 5. The molecule has 0 radical (unpaired) electrons. The molecule has 168 valence electrons. The van der Waals surface area contributed by atoms with Gasteiger partial charge >= 0.3 is 12.3 Å². The molecule has 0 aromatic carbocycles. The van der Waals surface area contributed by atoms with Gasteiger partial charge in [-0.25, -0.2) is 9.37 Å². The highest BCUT2D eigenvalue weighted by atomic mass is 19.4. The van der Waals surface area contributed by atoms with Crippen LogP contribution in [0.4, 0.5) is 26.3 Å². The fraction of sp³-hybridized carbons (Fsp3) is 0.421. The maximum absolute atomic E-state index is 14.4. The Hall–Kier alpha value is -2.89. The molecule has 3 rings (SSSR count). The number of fused-ring (bicyclic) bond motifs is 1. The van der Waals surface area contributed by atoms with Crippen LogP contribution in [-0.4, -0.2) is 38.5 Å². The van der Waals surface area contributed by atoms with Crippen molar-refractivity contribution in [2.24, 2.45) is 5.92 Å². The van der Waals surface area contributed by atoms with Gasteiger partial charge in [0.2, 0.25) is 5.82 Å². The second kappa shape index (κ2) is 8.33. The van der Waals surface area contributed by atoms with Crippen LogP contribution in [0.3, 0.4) is 0 Å². The van der Waals surface area contributed by atoms with Gasteiger partial charge < -0.3 is 9.47 Å². The number of rotatable bonds is 7. The largest absolute Gasteiger partial charge is 0.463 e. The van der Waals surface area contributed by atoms with E-state index in [2.05, 4.69) is 24.7 Å². The number of hydrogen-bond acceptors (Lipinski definition) is 5. The molecule has 0 saturated heterocycles. The summed E-state index contributed by atoms with van der Waals surface area (Å²) in [6.45, 7) is 3.92. The highest BCUT2D eigenvalue weighted by Gasteiger charge is 2.40. The highest BCUT2D eigenvalue weighted by molar-refractivity contribution is 5.64. The van der Waals surface area contributed by atoms with Crippen LogP contribution in [0, 0.1) is 11.7 Å². The summed E-state index contributed by atoms with van der Waals surface area (Å²) >= 11 is 0. The second-order valence-corrected chi connectivity index (χ2v) is 7.20. The predicted molar refractivity (Wildman–Crippen MR) is 97.0 cm³/mol. The predicted octanol–water partition coefficient (Wildman–Crippen LogP) is 4.98. The normalized spacial score (nSPS) is 13.7. The third kappa shape index (κ3) is 5.06. The van der Waals surface area contributed by atoms with Crippen molar-refractivity contribution in [3.8, 4) is 17.0 Å². The molecule has 0 unspecified atom stereocenters. The van der Waals surface area contributed by atoms with Crippen molar-refractivity contribution in [3.05, 3.63) is 42.2 Å². The molecule has 0 bridgehead atoms. The summed E-state index contributed by atoms with van der Waals surface area (Å²) in [6.07, 6.45) is -8.38. The van der Waals surface area contributed by atoms with Gasteiger partial charge in [0.15, 0.2) is 17.6 Å². The van der Waals surface area contributed by atoms with E-state index in [1.165, 1.54) is 18.3 Å². The molecule has 31 heavy (non-hydrogen) atoms. The lowest BCUT2D eigenvalue weighted by atomic mass is 10.1. The second-order valence-electron chi connectivity index (χ2n) is 7.20. The minimum Gasteiger partial charge on any atom is -0.463 e. The Balaban J connectivity index is 1.92. The van der Waals surface area contributed by atoms with Crippen molar-refractivity contribution in [1.82, 2.24) is 19.6 Å². The zero-order chi connectivity index (χ0) is 23.0. The summed E-state index contributed by atoms with van der Waals surface area (Å²) in [5.74, 6) is -2.87. The third-order valence-electron chi connectivity index (χ3n) is 4.15. The molecule has 0 amide bonds. The van der Waals surface area contributed by atoms with Crippen molar-refractivity contribution < 1.29 is 35.8 Å². The summed E-state index contributed by atoms with van der Waals surface area (Å²) in [5.41, 5.74) is 0.464. The molecule has 12 heteroatoms. The van der Waals surface area contributed by atoms with E-state index >= 15 is 0 Å². The van der Waals surface area contributed by atoms with Crippen LogP contribution in [0.25, 0.3) is 16.8 Å². The van der Waals surface area contributed by atoms with Crippen molar-refractivity contribution >= 4 is 5.65 Å². The van der Waals surface area contributed by atoms with Crippen molar-refractivity contribution in [2.75, 3.05) is 6.61 Å². The van der Waals surface area contributed by atoms with Gasteiger partial charge in [0.05, 0.1) is 6.61 Å². The number of nitrogens with zero attached hydrogens (tertiary/aromatic N) is 4. The lowest BCUT2D eigenvalue weighted by Gasteiger charge is -2.17. The standard InChI is InChI=1S/C19H18F6N4O2/c1-10(2)9-30-19(24,25)17-28-27-15-5-4-12(8-29(15)17)13-6-14(20)16(26-7-13)31-11(3)18(21,22)23/h4-8,10-11H,9H2,1-3H3/t11-/m0/s1. The van der Waals surface area contributed by atoms with Gasteiger partial charge in [-0.15, -0.1) is 10.2 Å². The van der Waals surface area contributed by atoms with Gasteiger partial charge in [0.25, 0.3) is 5.88 Å². The molecule has 3 aromatic rings. The van der Waals surface area contributed by atoms with Crippen LogP contribution in [0.15, 0.2) is 30.6 Å². The van der Waals surface area contributed by atoms with Crippen molar-refractivity contribution in [1.29, 1.82) is 0 Å². The Labute approximate surface area is 172 Å². The SMILES string of the molecule is CC(C)COC(F)(F)c1nnc2ccc(-c3cnc(O[C@@H](C)C(F)(F)F)c(F)c3)cn12. The van der Waals surface area contributed by atoms with E-state index in [1.54, 1.807) is 13.8 Å². The molecule has 3 heterocycles. The molecule has 0 N–H and O–H groups in total. The van der Waals surface area contributed by atoms with Crippen LogP contribution >= 0.6 is 0 Å². The molecule has 0 fully saturated rings. The van der Waals surface area contributed by atoms with Gasteiger partial charge in [-0.2, -0.15) is 22.0 Å². The van der Waals surface area contributed by atoms with E-state index in [-0.39, 0.29) is 29.3 Å². The first-order valence-corrected chi connectivity index (χ1v) is 9.15. The fourth-order valence-corrected chi connectivity index (χ4v) is 2.50. The van der Waals surface area contributed by atoms with Crippen LogP contribution in [-0.2, 0) is 10.8 Å². The zero-order valence-corrected chi connectivity index (χ0v) is 16.6. The molecule has 3 aromatic heterocycles. The molecule has 1 atom stereocenters.